The number of hydrogen-bond donors (Lipinski definition) is 8. The van der Waals surface area contributed by atoms with Crippen LogP contribution in [0.15, 0.2) is 0 Å². The van der Waals surface area contributed by atoms with Gasteiger partial charge < -0.3 is 45.4 Å². The van der Waals surface area contributed by atoms with E-state index in [1.807, 2.05) is 13.8 Å². The fourth-order valence-corrected chi connectivity index (χ4v) is 8.93. The van der Waals surface area contributed by atoms with Crippen LogP contribution in [0.25, 0.3) is 0 Å². The van der Waals surface area contributed by atoms with E-state index in [1.54, 1.807) is 0 Å². The molecule has 386 valence electrons. The summed E-state index contributed by atoms with van der Waals surface area (Å²) in [6, 6.07) is 0. The summed E-state index contributed by atoms with van der Waals surface area (Å²) in [6.07, 6.45) is 10.7. The lowest BCUT2D eigenvalue weighted by Crippen LogP contribution is -2.43. The minimum absolute atomic E-state index is 0.0453. The van der Waals surface area contributed by atoms with Crippen molar-refractivity contribution in [2.45, 2.75) is 117 Å². The normalized spacial score (nSPS) is 12.9. The lowest BCUT2D eigenvalue weighted by molar-refractivity contribution is -0.121. The number of amides is 5. The van der Waals surface area contributed by atoms with Crippen molar-refractivity contribution < 1.29 is 70.0 Å². The van der Waals surface area contributed by atoms with Crippen molar-refractivity contribution in [2.75, 3.05) is 95.8 Å². The molecule has 28 heteroatoms. The van der Waals surface area contributed by atoms with Crippen LogP contribution < -0.4 is 21.3 Å². The van der Waals surface area contributed by atoms with Crippen LogP contribution in [0.5, 0.6) is 0 Å². The SMILES string of the molecule is CC.COCCOC(=O)N(CCNC(=O)CCCCCNC(=O)CSCCCCCCOP(=O)(O)OP=N)CCNC(=O)CCCCCNC(=O)CSCCCCCCOP(=O)(O)OP=N. The highest BCUT2D eigenvalue weighted by Crippen LogP contribution is 2.47. The number of nitrogens with one attached hydrogen (secondary N) is 6. The van der Waals surface area contributed by atoms with Gasteiger partial charge >= 0.3 is 21.7 Å². The Hall–Kier alpha value is -1.77. The van der Waals surface area contributed by atoms with Crippen LogP contribution in [0.1, 0.15) is 117 Å². The Labute approximate surface area is 403 Å². The highest BCUT2D eigenvalue weighted by molar-refractivity contribution is 8.00. The molecule has 0 aliphatic carbocycles. The molecule has 0 aliphatic heterocycles. The van der Waals surface area contributed by atoms with Crippen LogP contribution in [0.4, 0.5) is 4.79 Å². The van der Waals surface area contributed by atoms with Gasteiger partial charge in [0.25, 0.3) is 0 Å². The molecule has 0 radical (unpaired) electrons. The van der Waals surface area contributed by atoms with Crippen LogP contribution in [-0.4, -0.2) is 140 Å². The van der Waals surface area contributed by atoms with Crippen LogP contribution in [0, 0.1) is 10.3 Å². The van der Waals surface area contributed by atoms with Crippen molar-refractivity contribution in [2.24, 2.45) is 0 Å². The van der Waals surface area contributed by atoms with E-state index in [2.05, 4.69) is 29.9 Å². The second-order valence-electron chi connectivity index (χ2n) is 14.0. The standard InChI is InChI=1S/C36H71N7O15P4S2.C2H6/c1-53-26-27-54-36(48)43(22-20-41-32(44)16-8-6-10-18-39-34(46)30-63-28-14-4-2-12-24-55-61(49,50)57-59-37)23-21-42-33(45)17-9-7-11-19-40-35(47)31-64-29-15-5-3-13-25-56-62(51,52)58-60-38;1-2/h37-38H,2-31H2,1H3,(H,39,46)(H,40,47)(H,41,44)(H,42,45)(H,49,50)(H,51,52);1-2H3. The van der Waals surface area contributed by atoms with Gasteiger partial charge in [0.1, 0.15) is 6.61 Å². The van der Waals surface area contributed by atoms with Gasteiger partial charge in [0.2, 0.25) is 23.6 Å². The fraction of sp³-hybridized carbons (Fsp3) is 0.868. The number of hydrogen-bond acceptors (Lipinski definition) is 17. The molecule has 2 unspecified atom stereocenters. The molecule has 0 fully saturated rings. The molecule has 66 heavy (non-hydrogen) atoms. The molecule has 0 bridgehead atoms. The molecule has 0 saturated heterocycles. The second kappa shape index (κ2) is 46.9. The fourth-order valence-electron chi connectivity index (χ4n) is 5.33. The van der Waals surface area contributed by atoms with Crippen molar-refractivity contribution in [1.82, 2.24) is 26.2 Å². The van der Waals surface area contributed by atoms with E-state index in [-0.39, 0.29) is 76.2 Å². The van der Waals surface area contributed by atoms with Gasteiger partial charge in [-0.1, -0.05) is 52.4 Å². The third-order valence-corrected chi connectivity index (χ3v) is 14.0. The molecular weight excluding hydrogens is 982 g/mol. The number of phosphoric ester groups is 2. The Morgan fingerprint density at radius 1 is 0.545 bits per heavy atom. The molecule has 0 aliphatic rings. The molecule has 0 aromatic carbocycles. The Morgan fingerprint density at radius 3 is 1.35 bits per heavy atom. The second-order valence-corrected chi connectivity index (χ2v) is 20.3. The van der Waals surface area contributed by atoms with Crippen molar-refractivity contribution in [3.05, 3.63) is 0 Å². The quantitative estimate of drug-likeness (QED) is 0.0213. The zero-order valence-corrected chi connectivity index (χ0v) is 44.2. The average molecular weight is 1060 g/mol. The van der Waals surface area contributed by atoms with Gasteiger partial charge in [-0.3, -0.25) is 38.5 Å². The van der Waals surface area contributed by atoms with Crippen molar-refractivity contribution in [3.8, 4) is 0 Å². The summed E-state index contributed by atoms with van der Waals surface area (Å²) in [5.74, 6) is 1.95. The summed E-state index contributed by atoms with van der Waals surface area (Å²) in [5.41, 5.74) is 0. The Kier molecular flexibility index (Phi) is 47.2. The predicted octanol–water partition coefficient (Wildman–Crippen LogP) is 7.78. The molecule has 0 spiro atoms. The molecule has 0 rings (SSSR count). The van der Waals surface area contributed by atoms with Gasteiger partial charge in [-0.05, 0) is 62.9 Å². The molecule has 5 amide bonds. The smallest absolute Gasteiger partial charge is 0.447 e. The third-order valence-electron chi connectivity index (χ3n) is 8.61. The predicted molar refractivity (Wildman–Crippen MR) is 260 cm³/mol. The molecular formula is C38H77N7O15P4S2. The van der Waals surface area contributed by atoms with Crippen molar-refractivity contribution in [1.29, 1.82) is 10.3 Å². The minimum atomic E-state index is -4.13. The van der Waals surface area contributed by atoms with Gasteiger partial charge in [0, 0.05) is 59.2 Å². The van der Waals surface area contributed by atoms with Gasteiger partial charge in [-0.25, -0.2) is 22.5 Å². The lowest BCUT2D eigenvalue weighted by atomic mass is 10.2. The maximum absolute atomic E-state index is 12.7. The summed E-state index contributed by atoms with van der Waals surface area (Å²) >= 11 is 3.08. The Morgan fingerprint density at radius 2 is 0.939 bits per heavy atom. The number of unbranched alkanes of at least 4 members (excludes halogenated alkanes) is 10. The molecule has 8 N–H and O–H groups in total. The maximum Gasteiger partial charge on any atom is 0.481 e. The van der Waals surface area contributed by atoms with Crippen LogP contribution in [0.2, 0.25) is 0 Å². The number of carbonyl (C=O) groups is 5. The van der Waals surface area contributed by atoms with Crippen molar-refractivity contribution >= 4 is 86.1 Å². The largest absolute Gasteiger partial charge is 0.481 e. The molecule has 22 nitrogen and oxygen atoms in total. The topological polar surface area (TPSA) is 314 Å². The van der Waals surface area contributed by atoms with E-state index < -0.39 is 38.9 Å². The summed E-state index contributed by atoms with van der Waals surface area (Å²) in [6.45, 7) is 6.29. The van der Waals surface area contributed by atoms with E-state index in [4.69, 9.17) is 28.8 Å². The number of carbonyl (C=O) groups excluding carboxylic acids is 5. The zero-order valence-electron chi connectivity index (χ0n) is 39.0. The first-order chi connectivity index (χ1) is 31.7. The summed E-state index contributed by atoms with van der Waals surface area (Å²) in [5, 5.41) is 24.9. The van der Waals surface area contributed by atoms with Gasteiger partial charge in [0.05, 0.1) is 31.3 Å². The summed E-state index contributed by atoms with van der Waals surface area (Å²) < 4.78 is 50.9. The minimum Gasteiger partial charge on any atom is -0.447 e. The average Bonchev–Trinajstić information content (AvgIpc) is 3.27. The molecule has 0 aromatic rings. The maximum atomic E-state index is 12.7. The third kappa shape index (κ3) is 46.0. The van der Waals surface area contributed by atoms with Crippen LogP contribution >= 0.6 is 56.4 Å². The number of phosphoric acid groups is 2. The number of thioether (sulfide) groups is 2. The number of ether oxygens (including phenoxy) is 2. The Bertz CT molecular complexity index is 1330. The summed E-state index contributed by atoms with van der Waals surface area (Å²) in [7, 11) is -7.59. The highest BCUT2D eigenvalue weighted by Gasteiger charge is 2.21. The number of nitrogens with zero attached hydrogens (tertiary/aromatic N) is 1. The van der Waals surface area contributed by atoms with Gasteiger partial charge in [-0.15, -0.1) is 0 Å². The monoisotopic (exact) mass is 1060 g/mol. The van der Waals surface area contributed by atoms with Crippen LogP contribution in [-0.2, 0) is 55.5 Å². The molecule has 2 atom stereocenters. The van der Waals surface area contributed by atoms with E-state index in [0.29, 0.717) is 63.1 Å². The molecule has 0 heterocycles. The van der Waals surface area contributed by atoms with E-state index >= 15 is 0 Å². The first-order valence-corrected chi connectivity index (χ1v) is 29.4. The van der Waals surface area contributed by atoms with E-state index in [9.17, 15) is 42.9 Å². The van der Waals surface area contributed by atoms with E-state index in [1.165, 1.54) is 35.5 Å². The zero-order chi connectivity index (χ0) is 49.6. The first kappa shape index (κ1) is 66.3. The summed E-state index contributed by atoms with van der Waals surface area (Å²) in [4.78, 5) is 81.6. The highest BCUT2D eigenvalue weighted by atomic mass is 32.2. The molecule has 0 saturated carbocycles. The van der Waals surface area contributed by atoms with E-state index in [0.717, 1.165) is 75.7 Å². The Balaban J connectivity index is 0. The lowest BCUT2D eigenvalue weighted by Gasteiger charge is -2.22. The van der Waals surface area contributed by atoms with Gasteiger partial charge in [-0.2, -0.15) is 23.5 Å². The number of rotatable bonds is 45. The molecule has 0 aromatic heterocycles. The first-order valence-electron chi connectivity index (χ1n) is 22.4. The van der Waals surface area contributed by atoms with Gasteiger partial charge in [0.15, 0.2) is 17.2 Å². The van der Waals surface area contributed by atoms with Crippen molar-refractivity contribution in [3.63, 3.8) is 0 Å². The number of methoxy groups -OCH3 is 1. The van der Waals surface area contributed by atoms with Crippen LogP contribution in [0.3, 0.4) is 0 Å².